The van der Waals surface area contributed by atoms with E-state index in [1.165, 1.54) is 51.5 Å². The number of halogens is 3. The van der Waals surface area contributed by atoms with Crippen molar-refractivity contribution in [2.24, 2.45) is 0 Å². The first-order valence-electron chi connectivity index (χ1n) is 13.4. The number of benzene rings is 4. The normalized spacial score (nSPS) is 11.7. The number of hydrogen-bond donors (Lipinski definition) is 1. The van der Waals surface area contributed by atoms with Crippen LogP contribution in [0.2, 0.25) is 0 Å². The zero-order chi connectivity index (χ0) is 32.2. The van der Waals surface area contributed by atoms with E-state index in [1.807, 2.05) is 0 Å². The highest BCUT2D eigenvalue weighted by Crippen LogP contribution is 2.43. The van der Waals surface area contributed by atoms with Crippen LogP contribution < -0.4 is 14.4 Å². The van der Waals surface area contributed by atoms with Crippen LogP contribution in [0.3, 0.4) is 0 Å². The molecule has 230 valence electrons. The number of hydrogen-bond acceptors (Lipinski definition) is 7. The van der Waals surface area contributed by atoms with Crippen molar-refractivity contribution in [1.29, 1.82) is 0 Å². The number of methoxy groups -OCH3 is 1. The van der Waals surface area contributed by atoms with E-state index in [9.17, 15) is 26.4 Å². The maximum atomic E-state index is 14.5. The summed E-state index contributed by atoms with van der Waals surface area (Å²) >= 11 is 0. The molecule has 0 aliphatic heterocycles. The monoisotopic (exact) mass is 635 g/mol. The van der Waals surface area contributed by atoms with Gasteiger partial charge in [-0.25, -0.2) is 26.6 Å². The predicted molar refractivity (Wildman–Crippen MR) is 163 cm³/mol. The van der Waals surface area contributed by atoms with E-state index in [0.717, 1.165) is 16.6 Å². The van der Waals surface area contributed by atoms with Crippen LogP contribution in [0.15, 0.2) is 75.6 Å². The van der Waals surface area contributed by atoms with Crippen molar-refractivity contribution in [1.82, 2.24) is 10.3 Å². The second kappa shape index (κ2) is 11.0. The van der Waals surface area contributed by atoms with Crippen LogP contribution in [-0.4, -0.2) is 46.8 Å². The Balaban J connectivity index is 1.64. The van der Waals surface area contributed by atoms with Gasteiger partial charge < -0.3 is 18.9 Å². The minimum absolute atomic E-state index is 0.0455. The molecule has 0 saturated carbocycles. The summed E-state index contributed by atoms with van der Waals surface area (Å²) in [6, 6.07) is 15.1. The van der Waals surface area contributed by atoms with Crippen molar-refractivity contribution in [2.75, 3.05) is 31.8 Å². The van der Waals surface area contributed by atoms with Gasteiger partial charge in [0.1, 0.15) is 34.2 Å². The third kappa shape index (κ3) is 5.24. The Hall–Kier alpha value is -5.30. The van der Waals surface area contributed by atoms with E-state index < -0.39 is 33.4 Å². The number of oxazole rings is 1. The molecule has 0 aliphatic rings. The van der Waals surface area contributed by atoms with Crippen molar-refractivity contribution in [3.8, 4) is 39.7 Å². The summed E-state index contributed by atoms with van der Waals surface area (Å²) in [5.74, 6) is -2.34. The Morgan fingerprint density at radius 1 is 0.911 bits per heavy atom. The highest BCUT2D eigenvalue weighted by molar-refractivity contribution is 7.92. The fourth-order valence-electron chi connectivity index (χ4n) is 5.08. The predicted octanol–water partition coefficient (Wildman–Crippen LogP) is 6.76. The molecule has 6 aromatic rings. The van der Waals surface area contributed by atoms with Gasteiger partial charge >= 0.3 is 0 Å². The SMILES string of the molecule is CNC(=O)c1c(-c2ccc(F)cc2)oc2cc(N(C)S(C)(=O)=O)c(-c3ccc(OC)c(-c4nc5cc(F)cc(F)c5o4)c3)cc12. The van der Waals surface area contributed by atoms with Crippen LogP contribution in [0.1, 0.15) is 10.4 Å². The van der Waals surface area contributed by atoms with Crippen LogP contribution in [-0.2, 0) is 10.0 Å². The molecule has 0 aliphatic carbocycles. The highest BCUT2D eigenvalue weighted by atomic mass is 32.2. The van der Waals surface area contributed by atoms with E-state index in [-0.39, 0.29) is 45.1 Å². The fourth-order valence-corrected chi connectivity index (χ4v) is 5.58. The molecule has 0 spiro atoms. The molecule has 1 amide bonds. The number of furan rings is 1. The zero-order valence-electron chi connectivity index (χ0n) is 24.2. The molecule has 0 fully saturated rings. The standard InChI is InChI=1S/C32H24F3N3O6S/c1-36-31(39)28-21-14-20(25(38(2)45(4,40)41)15-27(21)43-29(28)16-5-8-18(33)9-6-16)17-7-10-26(42-3)22(11-17)32-37-24-13-19(34)12-23(35)30(24)44-32/h5-15H,1-4H3,(H,36,39). The molecular formula is C32H24F3N3O6S. The van der Waals surface area contributed by atoms with E-state index in [0.29, 0.717) is 33.9 Å². The molecule has 9 nitrogen and oxygen atoms in total. The maximum Gasteiger partial charge on any atom is 0.255 e. The van der Waals surface area contributed by atoms with Crippen molar-refractivity contribution < 1.29 is 40.0 Å². The fraction of sp³-hybridized carbons (Fsp3) is 0.125. The number of anilines is 1. The van der Waals surface area contributed by atoms with Crippen molar-refractivity contribution in [3.63, 3.8) is 0 Å². The number of nitrogens with one attached hydrogen (secondary N) is 1. The third-order valence-electron chi connectivity index (χ3n) is 7.35. The third-order valence-corrected chi connectivity index (χ3v) is 8.55. The van der Waals surface area contributed by atoms with Gasteiger partial charge in [-0.05, 0) is 48.0 Å². The molecule has 0 bridgehead atoms. The summed E-state index contributed by atoms with van der Waals surface area (Å²) in [7, 11) is 0.430. The Morgan fingerprint density at radius 3 is 2.29 bits per heavy atom. The molecule has 1 N–H and O–H groups in total. The Bertz CT molecular complexity index is 2250. The first-order chi connectivity index (χ1) is 21.4. The average Bonchev–Trinajstić information content (AvgIpc) is 3.61. The van der Waals surface area contributed by atoms with Crippen LogP contribution in [0.4, 0.5) is 18.9 Å². The van der Waals surface area contributed by atoms with E-state index in [1.54, 1.807) is 24.3 Å². The molecule has 13 heteroatoms. The average molecular weight is 636 g/mol. The number of ether oxygens (including phenoxy) is 1. The summed E-state index contributed by atoms with van der Waals surface area (Å²) in [6.07, 6.45) is 1.04. The number of carbonyl (C=O) groups excluding carboxylic acids is 1. The van der Waals surface area contributed by atoms with Gasteiger partial charge in [0.15, 0.2) is 11.4 Å². The molecular weight excluding hydrogens is 611 g/mol. The van der Waals surface area contributed by atoms with Gasteiger partial charge in [0.2, 0.25) is 15.9 Å². The summed E-state index contributed by atoms with van der Waals surface area (Å²) in [4.78, 5) is 17.4. The molecule has 2 aromatic heterocycles. The van der Waals surface area contributed by atoms with Gasteiger partial charge in [0.05, 0.1) is 30.2 Å². The Labute approximate surface area is 254 Å². The van der Waals surface area contributed by atoms with Crippen LogP contribution in [0.25, 0.3) is 56.0 Å². The number of nitrogens with zero attached hydrogens (tertiary/aromatic N) is 2. The molecule has 0 saturated heterocycles. The lowest BCUT2D eigenvalue weighted by Crippen LogP contribution is -2.25. The molecule has 4 aromatic carbocycles. The topological polar surface area (TPSA) is 115 Å². The summed E-state index contributed by atoms with van der Waals surface area (Å²) in [5, 5.41) is 2.95. The molecule has 0 radical (unpaired) electrons. The lowest BCUT2D eigenvalue weighted by Gasteiger charge is -2.21. The number of fused-ring (bicyclic) bond motifs is 2. The lowest BCUT2D eigenvalue weighted by atomic mass is 9.97. The van der Waals surface area contributed by atoms with Crippen LogP contribution >= 0.6 is 0 Å². The molecule has 0 atom stereocenters. The maximum absolute atomic E-state index is 14.5. The van der Waals surface area contributed by atoms with Gasteiger partial charge in [0, 0.05) is 48.8 Å². The van der Waals surface area contributed by atoms with Crippen LogP contribution in [0, 0.1) is 17.5 Å². The highest BCUT2D eigenvalue weighted by Gasteiger charge is 2.27. The van der Waals surface area contributed by atoms with Gasteiger partial charge in [0.25, 0.3) is 5.91 Å². The number of aromatic nitrogens is 1. The van der Waals surface area contributed by atoms with Crippen LogP contribution in [0.5, 0.6) is 5.75 Å². The van der Waals surface area contributed by atoms with Gasteiger partial charge in [-0.3, -0.25) is 9.10 Å². The Morgan fingerprint density at radius 2 is 1.62 bits per heavy atom. The minimum Gasteiger partial charge on any atom is -0.496 e. The second-order valence-corrected chi connectivity index (χ2v) is 12.2. The van der Waals surface area contributed by atoms with Crippen molar-refractivity contribution in [3.05, 3.63) is 89.7 Å². The second-order valence-electron chi connectivity index (χ2n) is 10.2. The molecule has 6 rings (SSSR count). The quantitative estimate of drug-likeness (QED) is 0.206. The van der Waals surface area contributed by atoms with Gasteiger partial charge in [-0.15, -0.1) is 0 Å². The summed E-state index contributed by atoms with van der Waals surface area (Å²) in [5.41, 5.74) is 1.77. The summed E-state index contributed by atoms with van der Waals surface area (Å²) < 4.78 is 85.9. The number of amides is 1. The zero-order valence-corrected chi connectivity index (χ0v) is 25.1. The smallest absolute Gasteiger partial charge is 0.255 e. The van der Waals surface area contributed by atoms with Gasteiger partial charge in [-0.1, -0.05) is 6.07 Å². The minimum atomic E-state index is -3.80. The first kappa shape index (κ1) is 29.8. The van der Waals surface area contributed by atoms with Crippen molar-refractivity contribution in [2.45, 2.75) is 0 Å². The van der Waals surface area contributed by atoms with E-state index in [4.69, 9.17) is 13.6 Å². The van der Waals surface area contributed by atoms with E-state index in [2.05, 4.69) is 10.3 Å². The van der Waals surface area contributed by atoms with Gasteiger partial charge in [-0.2, -0.15) is 0 Å². The molecule has 45 heavy (non-hydrogen) atoms. The van der Waals surface area contributed by atoms with Crippen molar-refractivity contribution >= 4 is 43.7 Å². The molecule has 0 unspecified atom stereocenters. The largest absolute Gasteiger partial charge is 0.496 e. The number of rotatable bonds is 7. The Kier molecular flexibility index (Phi) is 7.28. The molecule has 2 heterocycles. The number of sulfonamides is 1. The lowest BCUT2D eigenvalue weighted by molar-refractivity contribution is 0.0964. The summed E-state index contributed by atoms with van der Waals surface area (Å²) in [6.45, 7) is 0. The van der Waals surface area contributed by atoms with E-state index >= 15 is 0 Å². The first-order valence-corrected chi connectivity index (χ1v) is 15.2. The number of carbonyl (C=O) groups is 1.